The fourth-order valence-corrected chi connectivity index (χ4v) is 1.34. The van der Waals surface area contributed by atoms with Crippen molar-refractivity contribution < 1.29 is 4.74 Å². The molecule has 0 amide bonds. The highest BCUT2D eigenvalue weighted by molar-refractivity contribution is 5.50. The van der Waals surface area contributed by atoms with Gasteiger partial charge in [-0.1, -0.05) is 19.8 Å². The Morgan fingerprint density at radius 3 is 2.93 bits per heavy atom. The lowest BCUT2D eigenvalue weighted by Crippen LogP contribution is -2.01. The first-order valence-corrected chi connectivity index (χ1v) is 5.09. The van der Waals surface area contributed by atoms with Gasteiger partial charge in [-0.3, -0.25) is 4.68 Å². The molecular formula is C10H19N3O. The summed E-state index contributed by atoms with van der Waals surface area (Å²) in [4.78, 5) is 0. The van der Waals surface area contributed by atoms with Gasteiger partial charge >= 0.3 is 0 Å². The zero-order valence-electron chi connectivity index (χ0n) is 9.21. The van der Waals surface area contributed by atoms with Crippen molar-refractivity contribution in [2.24, 2.45) is 7.05 Å². The fourth-order valence-electron chi connectivity index (χ4n) is 1.34. The van der Waals surface area contributed by atoms with E-state index in [1.807, 2.05) is 13.2 Å². The predicted octanol–water partition coefficient (Wildman–Crippen LogP) is 2.03. The number of rotatable bonds is 6. The molecule has 0 spiro atoms. The Labute approximate surface area is 85.3 Å². The zero-order valence-corrected chi connectivity index (χ0v) is 9.21. The van der Waals surface area contributed by atoms with E-state index in [4.69, 9.17) is 4.74 Å². The first kappa shape index (κ1) is 10.9. The van der Waals surface area contributed by atoms with E-state index in [2.05, 4.69) is 17.3 Å². The molecule has 0 bridgehead atoms. The van der Waals surface area contributed by atoms with Gasteiger partial charge in [0.25, 0.3) is 5.88 Å². The van der Waals surface area contributed by atoms with Crippen molar-refractivity contribution >= 4 is 5.69 Å². The normalized spacial score (nSPS) is 10.2. The number of anilines is 1. The summed E-state index contributed by atoms with van der Waals surface area (Å²) in [6.07, 6.45) is 5.63. The molecule has 1 N–H and O–H groups in total. The highest BCUT2D eigenvalue weighted by Gasteiger charge is 2.05. The first-order valence-electron chi connectivity index (χ1n) is 5.09. The molecule has 0 aliphatic carbocycles. The van der Waals surface area contributed by atoms with Gasteiger partial charge in [0, 0.05) is 13.6 Å². The summed E-state index contributed by atoms with van der Waals surface area (Å²) in [5.74, 6) is 0.670. The third-order valence-corrected chi connectivity index (χ3v) is 2.08. The lowest BCUT2D eigenvalue weighted by molar-refractivity contribution is 0.393. The number of aromatic nitrogens is 2. The molecule has 14 heavy (non-hydrogen) atoms. The van der Waals surface area contributed by atoms with E-state index in [1.54, 1.807) is 11.8 Å². The van der Waals surface area contributed by atoms with E-state index < -0.39 is 0 Å². The van der Waals surface area contributed by atoms with Crippen LogP contribution < -0.4 is 10.1 Å². The minimum absolute atomic E-state index is 0.670. The Hall–Kier alpha value is -1.19. The summed E-state index contributed by atoms with van der Waals surface area (Å²) >= 11 is 0. The van der Waals surface area contributed by atoms with Gasteiger partial charge in [0.15, 0.2) is 0 Å². The maximum absolute atomic E-state index is 5.13. The molecule has 1 heterocycles. The number of ether oxygens (including phenoxy) is 1. The van der Waals surface area contributed by atoms with Crippen LogP contribution in [0, 0.1) is 0 Å². The summed E-state index contributed by atoms with van der Waals surface area (Å²) in [7, 11) is 3.53. The number of hydrogen-bond acceptors (Lipinski definition) is 3. The Morgan fingerprint density at radius 1 is 1.50 bits per heavy atom. The molecule has 0 saturated heterocycles. The minimum Gasteiger partial charge on any atom is -0.478 e. The second-order valence-electron chi connectivity index (χ2n) is 3.36. The van der Waals surface area contributed by atoms with Crippen molar-refractivity contribution in [2.45, 2.75) is 26.2 Å². The molecule has 0 aliphatic rings. The number of unbranched alkanes of at least 4 members (excludes halogenated alkanes) is 2. The van der Waals surface area contributed by atoms with Gasteiger partial charge in [-0.25, -0.2) is 0 Å². The molecule has 1 aromatic rings. The average molecular weight is 197 g/mol. The predicted molar refractivity (Wildman–Crippen MR) is 57.8 cm³/mol. The van der Waals surface area contributed by atoms with Crippen LogP contribution >= 0.6 is 0 Å². The van der Waals surface area contributed by atoms with Gasteiger partial charge < -0.3 is 10.1 Å². The molecular weight excluding hydrogens is 178 g/mol. The van der Waals surface area contributed by atoms with E-state index >= 15 is 0 Å². The van der Waals surface area contributed by atoms with Crippen LogP contribution in [0.15, 0.2) is 6.20 Å². The zero-order chi connectivity index (χ0) is 10.4. The lowest BCUT2D eigenvalue weighted by Gasteiger charge is -2.03. The van der Waals surface area contributed by atoms with Crippen molar-refractivity contribution in [2.75, 3.05) is 19.0 Å². The van der Waals surface area contributed by atoms with Crippen LogP contribution in [0.2, 0.25) is 0 Å². The van der Waals surface area contributed by atoms with Gasteiger partial charge in [0.2, 0.25) is 0 Å². The van der Waals surface area contributed by atoms with Gasteiger partial charge in [0.1, 0.15) is 5.69 Å². The highest BCUT2D eigenvalue weighted by Crippen LogP contribution is 2.20. The molecule has 0 aromatic carbocycles. The second kappa shape index (κ2) is 5.52. The number of nitrogens with one attached hydrogen (secondary N) is 1. The van der Waals surface area contributed by atoms with Crippen LogP contribution in [-0.2, 0) is 7.05 Å². The van der Waals surface area contributed by atoms with E-state index in [0.717, 1.165) is 12.2 Å². The van der Waals surface area contributed by atoms with Gasteiger partial charge in [-0.05, 0) is 6.42 Å². The van der Waals surface area contributed by atoms with Crippen LogP contribution in [0.3, 0.4) is 0 Å². The Morgan fingerprint density at radius 2 is 2.29 bits per heavy atom. The van der Waals surface area contributed by atoms with Crippen LogP contribution in [0.25, 0.3) is 0 Å². The Kier molecular flexibility index (Phi) is 4.29. The van der Waals surface area contributed by atoms with E-state index in [1.165, 1.54) is 19.3 Å². The molecule has 0 atom stereocenters. The molecule has 0 unspecified atom stereocenters. The van der Waals surface area contributed by atoms with Crippen molar-refractivity contribution in [1.82, 2.24) is 9.78 Å². The van der Waals surface area contributed by atoms with Crippen molar-refractivity contribution in [3.63, 3.8) is 0 Å². The van der Waals surface area contributed by atoms with E-state index in [9.17, 15) is 0 Å². The van der Waals surface area contributed by atoms with Crippen LogP contribution in [-0.4, -0.2) is 23.4 Å². The molecule has 4 heteroatoms. The first-order chi connectivity index (χ1) is 6.77. The molecule has 0 fully saturated rings. The molecule has 4 nitrogen and oxygen atoms in total. The summed E-state index contributed by atoms with van der Waals surface area (Å²) < 4.78 is 6.88. The highest BCUT2D eigenvalue weighted by atomic mass is 16.5. The summed E-state index contributed by atoms with van der Waals surface area (Å²) in [5, 5.41) is 7.47. The maximum Gasteiger partial charge on any atom is 0.256 e. The summed E-state index contributed by atoms with van der Waals surface area (Å²) in [6, 6.07) is 0. The molecule has 1 rings (SSSR count). The second-order valence-corrected chi connectivity index (χ2v) is 3.36. The van der Waals surface area contributed by atoms with Crippen LogP contribution in [0.5, 0.6) is 5.88 Å². The SMILES string of the molecule is CCCCCNc1cn(C)nc1OC. The average Bonchev–Trinajstić information content (AvgIpc) is 2.54. The van der Waals surface area contributed by atoms with Crippen LogP contribution in [0.1, 0.15) is 26.2 Å². The standard InChI is InChI=1S/C10H19N3O/c1-4-5-6-7-11-9-8-13(2)12-10(9)14-3/h8,11H,4-7H2,1-3H3. The fraction of sp³-hybridized carbons (Fsp3) is 0.700. The quantitative estimate of drug-likeness (QED) is 0.709. The Bertz CT molecular complexity index is 270. The summed E-state index contributed by atoms with van der Waals surface area (Å²) in [6.45, 7) is 3.18. The van der Waals surface area contributed by atoms with E-state index in [-0.39, 0.29) is 0 Å². The summed E-state index contributed by atoms with van der Waals surface area (Å²) in [5.41, 5.74) is 0.978. The van der Waals surface area contributed by atoms with Crippen LogP contribution in [0.4, 0.5) is 5.69 Å². The molecule has 1 aromatic heterocycles. The van der Waals surface area contributed by atoms with Gasteiger partial charge in [-0.15, -0.1) is 5.10 Å². The number of methoxy groups -OCH3 is 1. The third-order valence-electron chi connectivity index (χ3n) is 2.08. The molecule has 80 valence electrons. The monoisotopic (exact) mass is 197 g/mol. The molecule has 0 saturated carbocycles. The smallest absolute Gasteiger partial charge is 0.256 e. The van der Waals surface area contributed by atoms with Crippen molar-refractivity contribution in [1.29, 1.82) is 0 Å². The van der Waals surface area contributed by atoms with Gasteiger partial charge in [0.05, 0.1) is 13.3 Å². The van der Waals surface area contributed by atoms with Gasteiger partial charge in [-0.2, -0.15) is 0 Å². The molecule has 0 radical (unpaired) electrons. The van der Waals surface area contributed by atoms with Crippen molar-refractivity contribution in [3.8, 4) is 5.88 Å². The largest absolute Gasteiger partial charge is 0.478 e. The maximum atomic E-state index is 5.13. The number of aryl methyl sites for hydroxylation is 1. The van der Waals surface area contributed by atoms with Crippen molar-refractivity contribution in [3.05, 3.63) is 6.20 Å². The third kappa shape index (κ3) is 2.94. The number of hydrogen-bond donors (Lipinski definition) is 1. The van der Waals surface area contributed by atoms with E-state index in [0.29, 0.717) is 5.88 Å². The minimum atomic E-state index is 0.670. The Balaban J connectivity index is 2.41. The molecule has 0 aliphatic heterocycles. The lowest BCUT2D eigenvalue weighted by atomic mass is 10.2. The topological polar surface area (TPSA) is 39.1 Å². The number of nitrogens with zero attached hydrogens (tertiary/aromatic N) is 2.